The second-order valence-corrected chi connectivity index (χ2v) is 7.05. The fourth-order valence-corrected chi connectivity index (χ4v) is 3.02. The molecule has 0 aliphatic carbocycles. The molecular formula is C19H22ClN3O3S. The van der Waals surface area contributed by atoms with Crippen LogP contribution in [0.25, 0.3) is 0 Å². The minimum absolute atomic E-state index is 0.340. The molecule has 0 radical (unpaired) electrons. The van der Waals surface area contributed by atoms with Crippen LogP contribution in [0.2, 0.25) is 5.02 Å². The van der Waals surface area contributed by atoms with Gasteiger partial charge in [-0.1, -0.05) is 29.8 Å². The highest BCUT2D eigenvalue weighted by atomic mass is 35.5. The number of ether oxygens (including phenoxy) is 1. The van der Waals surface area contributed by atoms with Crippen LogP contribution in [0.5, 0.6) is 5.75 Å². The lowest BCUT2D eigenvalue weighted by Crippen LogP contribution is -2.48. The van der Waals surface area contributed by atoms with Gasteiger partial charge in [-0.25, -0.2) is 0 Å². The molecule has 8 heteroatoms. The van der Waals surface area contributed by atoms with Gasteiger partial charge in [0, 0.05) is 5.02 Å². The van der Waals surface area contributed by atoms with E-state index in [1.54, 1.807) is 60.3 Å². The van der Waals surface area contributed by atoms with E-state index >= 15 is 0 Å². The van der Waals surface area contributed by atoms with E-state index in [4.69, 9.17) is 16.3 Å². The maximum absolute atomic E-state index is 12.6. The number of anilines is 1. The van der Waals surface area contributed by atoms with Gasteiger partial charge in [0.25, 0.3) is 11.8 Å². The zero-order valence-corrected chi connectivity index (χ0v) is 16.7. The number of hydrogen-bond donors (Lipinski definition) is 3. The number of halogens is 1. The number of hydrazine groups is 1. The quantitative estimate of drug-likeness (QED) is 0.555. The summed E-state index contributed by atoms with van der Waals surface area (Å²) < 4.78 is 5.22. The molecule has 0 aliphatic heterocycles. The highest BCUT2D eigenvalue weighted by Crippen LogP contribution is 2.17. The van der Waals surface area contributed by atoms with Crippen LogP contribution >= 0.6 is 23.4 Å². The first-order chi connectivity index (χ1) is 13.0. The van der Waals surface area contributed by atoms with Gasteiger partial charge in [0.05, 0.1) is 18.4 Å². The van der Waals surface area contributed by atoms with E-state index < -0.39 is 6.04 Å². The smallest absolute Gasteiger partial charge is 0.260 e. The third-order valence-corrected chi connectivity index (χ3v) is 4.62. The first kappa shape index (κ1) is 20.9. The molecule has 144 valence electrons. The predicted molar refractivity (Wildman–Crippen MR) is 110 cm³/mol. The Labute approximate surface area is 168 Å². The monoisotopic (exact) mass is 407 g/mol. The molecule has 27 heavy (non-hydrogen) atoms. The van der Waals surface area contributed by atoms with Crippen molar-refractivity contribution in [1.29, 1.82) is 0 Å². The Morgan fingerprint density at radius 1 is 1.19 bits per heavy atom. The summed E-state index contributed by atoms with van der Waals surface area (Å²) in [6.07, 6.45) is 2.44. The average molecular weight is 408 g/mol. The number of para-hydroxylation sites is 1. The second-order valence-electron chi connectivity index (χ2n) is 5.63. The Morgan fingerprint density at radius 2 is 1.96 bits per heavy atom. The Bertz CT molecular complexity index is 788. The van der Waals surface area contributed by atoms with Crippen molar-refractivity contribution in [2.75, 3.05) is 24.5 Å². The molecule has 3 N–H and O–H groups in total. The van der Waals surface area contributed by atoms with Gasteiger partial charge in [0.15, 0.2) is 0 Å². The largest absolute Gasteiger partial charge is 0.496 e. The summed E-state index contributed by atoms with van der Waals surface area (Å²) >= 11 is 7.53. The lowest BCUT2D eigenvalue weighted by molar-refractivity contribution is -0.122. The van der Waals surface area contributed by atoms with Crippen molar-refractivity contribution in [3.05, 3.63) is 59.1 Å². The van der Waals surface area contributed by atoms with Crippen LogP contribution in [0, 0.1) is 0 Å². The molecule has 0 saturated carbocycles. The van der Waals surface area contributed by atoms with E-state index in [0.717, 1.165) is 5.75 Å². The van der Waals surface area contributed by atoms with Gasteiger partial charge >= 0.3 is 0 Å². The molecule has 0 fully saturated rings. The first-order valence-electron chi connectivity index (χ1n) is 8.29. The molecule has 0 aromatic heterocycles. The molecule has 1 unspecified atom stereocenters. The van der Waals surface area contributed by atoms with Crippen LogP contribution in [0.3, 0.4) is 0 Å². The molecule has 2 aromatic carbocycles. The van der Waals surface area contributed by atoms with Crippen LogP contribution in [0.4, 0.5) is 5.69 Å². The third-order valence-electron chi connectivity index (χ3n) is 3.74. The number of carbonyl (C=O) groups is 2. The SMILES string of the molecule is COc1ccccc1C(=O)NC(CCSC)C(=O)NNc1cccc(Cl)c1. The number of thioether (sulfide) groups is 1. The molecule has 0 aliphatic rings. The molecule has 0 saturated heterocycles. The Kier molecular flexibility index (Phi) is 8.29. The number of hydrogen-bond acceptors (Lipinski definition) is 5. The summed E-state index contributed by atoms with van der Waals surface area (Å²) in [6, 6.07) is 13.2. The van der Waals surface area contributed by atoms with Crippen molar-refractivity contribution in [2.45, 2.75) is 12.5 Å². The number of rotatable bonds is 9. The number of carbonyl (C=O) groups excluding carboxylic acids is 2. The number of methoxy groups -OCH3 is 1. The van der Waals surface area contributed by atoms with Crippen molar-refractivity contribution >= 4 is 40.9 Å². The van der Waals surface area contributed by atoms with E-state index in [9.17, 15) is 9.59 Å². The van der Waals surface area contributed by atoms with Gasteiger partial charge in [-0.2, -0.15) is 11.8 Å². The normalized spacial score (nSPS) is 11.4. The molecule has 2 aromatic rings. The van der Waals surface area contributed by atoms with Crippen molar-refractivity contribution in [3.8, 4) is 5.75 Å². The molecule has 0 heterocycles. The van der Waals surface area contributed by atoms with Crippen molar-refractivity contribution < 1.29 is 14.3 Å². The highest BCUT2D eigenvalue weighted by Gasteiger charge is 2.22. The van der Waals surface area contributed by atoms with Crippen LogP contribution in [0.1, 0.15) is 16.8 Å². The maximum Gasteiger partial charge on any atom is 0.260 e. The third kappa shape index (κ3) is 6.37. The second kappa shape index (κ2) is 10.7. The van der Waals surface area contributed by atoms with E-state index in [1.807, 2.05) is 6.26 Å². The number of amides is 2. The molecule has 1 atom stereocenters. The molecule has 6 nitrogen and oxygen atoms in total. The van der Waals surface area contributed by atoms with Crippen molar-refractivity contribution in [2.24, 2.45) is 0 Å². The van der Waals surface area contributed by atoms with Crippen molar-refractivity contribution in [3.63, 3.8) is 0 Å². The molecule has 0 bridgehead atoms. The van der Waals surface area contributed by atoms with Crippen LogP contribution in [0.15, 0.2) is 48.5 Å². The number of nitrogens with one attached hydrogen (secondary N) is 3. The lowest BCUT2D eigenvalue weighted by atomic mass is 10.1. The summed E-state index contributed by atoms with van der Waals surface area (Å²) in [6.45, 7) is 0. The fourth-order valence-electron chi connectivity index (χ4n) is 2.36. The summed E-state index contributed by atoms with van der Waals surface area (Å²) in [7, 11) is 1.50. The van der Waals surface area contributed by atoms with E-state index in [-0.39, 0.29) is 11.8 Å². The summed E-state index contributed by atoms with van der Waals surface area (Å²) in [4.78, 5) is 25.2. The topological polar surface area (TPSA) is 79.5 Å². The minimum Gasteiger partial charge on any atom is -0.496 e. The number of benzene rings is 2. The maximum atomic E-state index is 12.6. The van der Waals surface area contributed by atoms with Gasteiger partial charge in [0.2, 0.25) is 0 Å². The van der Waals surface area contributed by atoms with Gasteiger partial charge in [-0.05, 0) is 48.8 Å². The first-order valence-corrected chi connectivity index (χ1v) is 10.1. The van der Waals surface area contributed by atoms with Crippen LogP contribution < -0.4 is 20.9 Å². The zero-order chi connectivity index (χ0) is 19.6. The van der Waals surface area contributed by atoms with Gasteiger partial charge < -0.3 is 10.1 Å². The predicted octanol–water partition coefficient (Wildman–Crippen LogP) is 3.34. The summed E-state index contributed by atoms with van der Waals surface area (Å²) in [5, 5.41) is 3.33. The van der Waals surface area contributed by atoms with E-state index in [1.165, 1.54) is 7.11 Å². The van der Waals surface area contributed by atoms with E-state index in [0.29, 0.717) is 28.4 Å². The highest BCUT2D eigenvalue weighted by molar-refractivity contribution is 7.98. The van der Waals surface area contributed by atoms with Gasteiger partial charge in [0.1, 0.15) is 11.8 Å². The Balaban J connectivity index is 2.04. The molecule has 2 rings (SSSR count). The standard InChI is InChI=1S/C19H22ClN3O3S/c1-26-17-9-4-3-8-15(17)18(24)21-16(10-11-27-2)19(25)23-22-14-7-5-6-13(20)12-14/h3-9,12,16,22H,10-11H2,1-2H3,(H,21,24)(H,23,25). The van der Waals surface area contributed by atoms with Gasteiger partial charge in [-0.3, -0.25) is 20.4 Å². The molecular weight excluding hydrogens is 386 g/mol. The van der Waals surface area contributed by atoms with Crippen molar-refractivity contribution in [1.82, 2.24) is 10.7 Å². The minimum atomic E-state index is -0.693. The van der Waals surface area contributed by atoms with Crippen LogP contribution in [-0.4, -0.2) is 37.0 Å². The molecule has 2 amide bonds. The Hall–Kier alpha value is -2.38. The lowest BCUT2D eigenvalue weighted by Gasteiger charge is -2.19. The summed E-state index contributed by atoms with van der Waals surface area (Å²) in [5.41, 5.74) is 6.46. The van der Waals surface area contributed by atoms with Gasteiger partial charge in [-0.15, -0.1) is 0 Å². The Morgan fingerprint density at radius 3 is 2.67 bits per heavy atom. The molecule has 0 spiro atoms. The summed E-state index contributed by atoms with van der Waals surface area (Å²) in [5.74, 6) is 0.473. The average Bonchev–Trinajstić information content (AvgIpc) is 2.69. The fraction of sp³-hybridized carbons (Fsp3) is 0.263. The zero-order valence-electron chi connectivity index (χ0n) is 15.1. The van der Waals surface area contributed by atoms with Crippen LogP contribution in [-0.2, 0) is 4.79 Å². The van der Waals surface area contributed by atoms with E-state index in [2.05, 4.69) is 16.2 Å².